The van der Waals surface area contributed by atoms with Gasteiger partial charge in [-0.05, 0) is 42.0 Å². The molecule has 0 radical (unpaired) electrons. The van der Waals surface area contributed by atoms with Crippen LogP contribution in [0.4, 0.5) is 23.2 Å². The first kappa shape index (κ1) is 15.9. The fourth-order valence-electron chi connectivity index (χ4n) is 2.15. The standard InChI is InChI=1S/C17H11F4N3/c18-13-4-1-11(2-5-13)10-23-24-16-7-8-22-15-6-3-12(9-14(15)16)17(19,20)21/h1-10H,(H,22,24)/b23-10+. The predicted molar refractivity (Wildman–Crippen MR) is 84.4 cm³/mol. The van der Waals surface area contributed by atoms with Gasteiger partial charge in [0, 0.05) is 11.6 Å². The maximum absolute atomic E-state index is 12.9. The first-order valence-corrected chi connectivity index (χ1v) is 6.94. The van der Waals surface area contributed by atoms with E-state index in [2.05, 4.69) is 15.5 Å². The summed E-state index contributed by atoms with van der Waals surface area (Å²) >= 11 is 0. The zero-order valence-corrected chi connectivity index (χ0v) is 12.2. The molecule has 0 fully saturated rings. The van der Waals surface area contributed by atoms with Crippen molar-refractivity contribution in [1.82, 2.24) is 4.98 Å². The van der Waals surface area contributed by atoms with Crippen LogP contribution in [0.5, 0.6) is 0 Å². The summed E-state index contributed by atoms with van der Waals surface area (Å²) < 4.78 is 51.4. The van der Waals surface area contributed by atoms with E-state index in [-0.39, 0.29) is 5.82 Å². The average Bonchev–Trinajstić information content (AvgIpc) is 2.55. The zero-order chi connectivity index (χ0) is 17.2. The lowest BCUT2D eigenvalue weighted by Gasteiger charge is -2.10. The molecule has 0 atom stereocenters. The molecule has 0 saturated carbocycles. The number of aromatic nitrogens is 1. The van der Waals surface area contributed by atoms with Crippen LogP contribution in [0.25, 0.3) is 10.9 Å². The van der Waals surface area contributed by atoms with Crippen molar-refractivity contribution >= 4 is 22.8 Å². The molecule has 122 valence electrons. The van der Waals surface area contributed by atoms with Gasteiger partial charge in [0.2, 0.25) is 0 Å². The van der Waals surface area contributed by atoms with Gasteiger partial charge in [-0.2, -0.15) is 18.3 Å². The van der Waals surface area contributed by atoms with Gasteiger partial charge in [-0.25, -0.2) is 4.39 Å². The Morgan fingerprint density at radius 1 is 1.00 bits per heavy atom. The third-order valence-electron chi connectivity index (χ3n) is 3.34. The van der Waals surface area contributed by atoms with E-state index in [9.17, 15) is 17.6 Å². The molecular weight excluding hydrogens is 322 g/mol. The van der Waals surface area contributed by atoms with Crippen molar-refractivity contribution < 1.29 is 17.6 Å². The van der Waals surface area contributed by atoms with Crippen LogP contribution in [-0.2, 0) is 6.18 Å². The normalized spacial score (nSPS) is 12.0. The highest BCUT2D eigenvalue weighted by Crippen LogP contribution is 2.33. The second-order valence-corrected chi connectivity index (χ2v) is 5.01. The predicted octanol–water partition coefficient (Wildman–Crippen LogP) is 4.84. The van der Waals surface area contributed by atoms with Gasteiger partial charge < -0.3 is 0 Å². The van der Waals surface area contributed by atoms with Gasteiger partial charge in [0.05, 0.1) is 23.0 Å². The van der Waals surface area contributed by atoms with E-state index in [1.807, 2.05) is 0 Å². The third kappa shape index (κ3) is 3.51. The molecule has 0 aliphatic carbocycles. The number of nitrogens with zero attached hydrogens (tertiary/aromatic N) is 2. The Morgan fingerprint density at radius 2 is 1.75 bits per heavy atom. The molecule has 1 heterocycles. The molecule has 1 aromatic heterocycles. The summed E-state index contributed by atoms with van der Waals surface area (Å²) in [5.74, 6) is -0.361. The highest BCUT2D eigenvalue weighted by Gasteiger charge is 2.30. The summed E-state index contributed by atoms with van der Waals surface area (Å²) in [6.07, 6.45) is -1.51. The highest BCUT2D eigenvalue weighted by molar-refractivity contribution is 5.92. The Hall–Kier alpha value is -2.96. The number of nitrogens with one attached hydrogen (secondary N) is 1. The quantitative estimate of drug-likeness (QED) is 0.423. The van der Waals surface area contributed by atoms with E-state index in [4.69, 9.17) is 0 Å². The van der Waals surface area contributed by atoms with Crippen molar-refractivity contribution in [3.63, 3.8) is 0 Å². The molecule has 2 aromatic carbocycles. The van der Waals surface area contributed by atoms with Crippen molar-refractivity contribution in [3.05, 3.63) is 71.7 Å². The minimum atomic E-state index is -4.43. The van der Waals surface area contributed by atoms with Crippen molar-refractivity contribution in [3.8, 4) is 0 Å². The van der Waals surface area contributed by atoms with Gasteiger partial charge >= 0.3 is 6.18 Å². The summed E-state index contributed by atoms with van der Waals surface area (Å²) in [4.78, 5) is 4.04. The van der Waals surface area contributed by atoms with E-state index in [1.54, 1.807) is 0 Å². The molecular formula is C17H11F4N3. The topological polar surface area (TPSA) is 37.3 Å². The number of hydrogen-bond donors (Lipinski definition) is 1. The lowest BCUT2D eigenvalue weighted by molar-refractivity contribution is -0.137. The molecule has 3 aromatic rings. The molecule has 0 amide bonds. The number of hydrogen-bond acceptors (Lipinski definition) is 3. The van der Waals surface area contributed by atoms with E-state index >= 15 is 0 Å². The lowest BCUT2D eigenvalue weighted by atomic mass is 10.1. The van der Waals surface area contributed by atoms with E-state index in [1.165, 1.54) is 48.8 Å². The number of anilines is 1. The van der Waals surface area contributed by atoms with Crippen molar-refractivity contribution in [2.75, 3.05) is 5.43 Å². The lowest BCUT2D eigenvalue weighted by Crippen LogP contribution is -2.04. The van der Waals surface area contributed by atoms with E-state index in [0.717, 1.165) is 12.1 Å². The molecule has 1 N–H and O–H groups in total. The number of rotatable bonds is 3. The summed E-state index contributed by atoms with van der Waals surface area (Å²) in [6.45, 7) is 0. The maximum Gasteiger partial charge on any atom is 0.416 e. The Bertz CT molecular complexity index is 886. The maximum atomic E-state index is 12.9. The van der Waals surface area contributed by atoms with Crippen LogP contribution in [0.3, 0.4) is 0 Å². The molecule has 7 heteroatoms. The number of halogens is 4. The van der Waals surface area contributed by atoms with E-state index < -0.39 is 11.7 Å². The molecule has 3 nitrogen and oxygen atoms in total. The second kappa shape index (κ2) is 6.27. The molecule has 3 rings (SSSR count). The van der Waals surface area contributed by atoms with Crippen LogP contribution in [0.15, 0.2) is 59.8 Å². The van der Waals surface area contributed by atoms with Gasteiger partial charge in [-0.1, -0.05) is 12.1 Å². The molecule has 0 saturated heterocycles. The molecule has 0 aliphatic rings. The molecule has 0 unspecified atom stereocenters. The van der Waals surface area contributed by atoms with Gasteiger partial charge in [-0.3, -0.25) is 10.4 Å². The summed E-state index contributed by atoms with van der Waals surface area (Å²) in [7, 11) is 0. The smallest absolute Gasteiger partial charge is 0.278 e. The summed E-state index contributed by atoms with van der Waals surface area (Å²) in [5, 5.41) is 4.29. The zero-order valence-electron chi connectivity index (χ0n) is 12.2. The Morgan fingerprint density at radius 3 is 2.46 bits per heavy atom. The molecule has 0 spiro atoms. The SMILES string of the molecule is Fc1ccc(/C=N/Nc2ccnc3ccc(C(F)(F)F)cc23)cc1. The number of benzene rings is 2. The molecule has 0 aliphatic heterocycles. The second-order valence-electron chi connectivity index (χ2n) is 5.01. The van der Waals surface area contributed by atoms with E-state index in [0.29, 0.717) is 22.2 Å². The summed E-state index contributed by atoms with van der Waals surface area (Å²) in [5.41, 5.74) is 3.41. The Labute approximate surface area is 134 Å². The van der Waals surface area contributed by atoms with Gasteiger partial charge in [0.15, 0.2) is 0 Å². The summed E-state index contributed by atoms with van der Waals surface area (Å²) in [6, 6.07) is 10.5. The third-order valence-corrected chi connectivity index (χ3v) is 3.34. The number of hydrazone groups is 1. The largest absolute Gasteiger partial charge is 0.416 e. The van der Waals surface area contributed by atoms with Crippen LogP contribution in [0.2, 0.25) is 0 Å². The fourth-order valence-corrected chi connectivity index (χ4v) is 2.15. The first-order valence-electron chi connectivity index (χ1n) is 6.94. The van der Waals surface area contributed by atoms with Gasteiger partial charge in [0.1, 0.15) is 5.82 Å². The number of alkyl halides is 3. The van der Waals surface area contributed by atoms with Crippen LogP contribution in [0.1, 0.15) is 11.1 Å². The first-order chi connectivity index (χ1) is 11.4. The molecule has 24 heavy (non-hydrogen) atoms. The Kier molecular flexibility index (Phi) is 4.16. The average molecular weight is 333 g/mol. The van der Waals surface area contributed by atoms with Crippen LogP contribution < -0.4 is 5.43 Å². The highest BCUT2D eigenvalue weighted by atomic mass is 19.4. The van der Waals surface area contributed by atoms with Crippen molar-refractivity contribution in [2.24, 2.45) is 5.10 Å². The van der Waals surface area contributed by atoms with Crippen LogP contribution in [0, 0.1) is 5.82 Å². The monoisotopic (exact) mass is 333 g/mol. The minimum absolute atomic E-state index is 0.309. The van der Waals surface area contributed by atoms with Crippen molar-refractivity contribution in [2.45, 2.75) is 6.18 Å². The minimum Gasteiger partial charge on any atom is -0.278 e. The number of fused-ring (bicyclic) bond motifs is 1. The Balaban J connectivity index is 1.89. The number of pyridine rings is 1. The van der Waals surface area contributed by atoms with Gasteiger partial charge in [0.25, 0.3) is 0 Å². The van der Waals surface area contributed by atoms with Crippen LogP contribution in [-0.4, -0.2) is 11.2 Å². The fraction of sp³-hybridized carbons (Fsp3) is 0.0588. The van der Waals surface area contributed by atoms with Crippen molar-refractivity contribution in [1.29, 1.82) is 0 Å². The van der Waals surface area contributed by atoms with Gasteiger partial charge in [-0.15, -0.1) is 0 Å². The molecule has 0 bridgehead atoms. The van der Waals surface area contributed by atoms with Crippen LogP contribution >= 0.6 is 0 Å².